The van der Waals surface area contributed by atoms with Crippen LogP contribution in [-0.2, 0) is 23.4 Å². The van der Waals surface area contributed by atoms with Gasteiger partial charge in [0, 0.05) is 37.7 Å². The van der Waals surface area contributed by atoms with E-state index in [0.29, 0.717) is 25.7 Å². The highest BCUT2D eigenvalue weighted by atomic mass is 28.4. The van der Waals surface area contributed by atoms with Crippen molar-refractivity contribution >= 4 is 24.7 Å². The number of esters is 1. The van der Waals surface area contributed by atoms with E-state index >= 15 is 0 Å². The summed E-state index contributed by atoms with van der Waals surface area (Å²) in [5.74, 6) is -2.01. The predicted octanol–water partition coefficient (Wildman–Crippen LogP) is 7.79. The van der Waals surface area contributed by atoms with Gasteiger partial charge in [0.05, 0.1) is 30.8 Å². The van der Waals surface area contributed by atoms with Gasteiger partial charge in [0.1, 0.15) is 6.10 Å². The molecular formula is C44H64O7Si. The largest absolute Gasteiger partial charge is 0.462 e. The summed E-state index contributed by atoms with van der Waals surface area (Å²) < 4.78 is 26.9. The first kappa shape index (κ1) is 41.9. The molecule has 52 heavy (non-hydrogen) atoms. The highest BCUT2D eigenvalue weighted by Gasteiger charge is 2.54. The van der Waals surface area contributed by atoms with E-state index in [0.717, 1.165) is 17.6 Å². The summed E-state index contributed by atoms with van der Waals surface area (Å²) in [5, 5.41) is 25.3. The minimum Gasteiger partial charge on any atom is -0.462 e. The van der Waals surface area contributed by atoms with E-state index in [9.17, 15) is 15.0 Å². The van der Waals surface area contributed by atoms with Crippen molar-refractivity contribution in [3.05, 3.63) is 96.1 Å². The lowest BCUT2D eigenvalue weighted by molar-refractivity contribution is -0.279. The van der Waals surface area contributed by atoms with Crippen LogP contribution in [0.15, 0.2) is 96.1 Å². The average molecular weight is 733 g/mol. The third-order valence-electron chi connectivity index (χ3n) is 11.2. The van der Waals surface area contributed by atoms with Crippen molar-refractivity contribution in [1.29, 1.82) is 0 Å². The number of aliphatic hydroxyl groups excluding tert-OH is 2. The standard InChI is InChI=1S/C44H64O7Si/c1-11-12-15-20-34-26-25-31(2)40(46)43(8,9)41(47)33(4)27-32(3)38-28-35(29-44(48-10,50-38)30-39(45)49-34)51-52(42(5,6)7,36-21-16-13-17-22-36)37-23-18-14-19-24-37/h11-14,16-19,21-25,27,33-35,38,40-41,46-47H,15,20,26,28-30H2,1-10H3/b12-11+,31-25+,32-27+/t33-,34+,35-,38-,40+,41+,44+/m0/s1. The van der Waals surface area contributed by atoms with Gasteiger partial charge in [0.15, 0.2) is 5.79 Å². The molecule has 4 rings (SSSR count). The molecule has 0 spiro atoms. The van der Waals surface area contributed by atoms with Crippen LogP contribution < -0.4 is 10.4 Å². The Labute approximate surface area is 314 Å². The Morgan fingerprint density at radius 3 is 2.12 bits per heavy atom. The molecule has 0 saturated carbocycles. The maximum absolute atomic E-state index is 14.0. The Hall–Kier alpha value is -2.85. The lowest BCUT2D eigenvalue weighted by Crippen LogP contribution is -2.68. The number of hydrogen-bond donors (Lipinski definition) is 2. The normalized spacial score (nSPS) is 31.7. The smallest absolute Gasteiger partial charge is 0.311 e. The molecule has 0 radical (unpaired) electrons. The third kappa shape index (κ3) is 9.44. The van der Waals surface area contributed by atoms with Gasteiger partial charge in [0.2, 0.25) is 0 Å². The number of benzene rings is 2. The number of carbonyl (C=O) groups is 1. The zero-order valence-corrected chi connectivity index (χ0v) is 34.2. The zero-order valence-electron chi connectivity index (χ0n) is 33.2. The van der Waals surface area contributed by atoms with Gasteiger partial charge >= 0.3 is 5.97 Å². The fraction of sp³-hybridized carbons (Fsp3) is 0.568. The molecule has 7 atom stereocenters. The van der Waals surface area contributed by atoms with Crippen molar-refractivity contribution in [2.24, 2.45) is 11.3 Å². The lowest BCUT2D eigenvalue weighted by Gasteiger charge is -2.50. The molecule has 2 aliphatic rings. The zero-order chi connectivity index (χ0) is 38.3. The number of methoxy groups -OCH3 is 1. The fourth-order valence-corrected chi connectivity index (χ4v) is 12.9. The van der Waals surface area contributed by atoms with Gasteiger partial charge < -0.3 is 28.8 Å². The van der Waals surface area contributed by atoms with E-state index in [1.807, 2.05) is 71.9 Å². The number of aliphatic hydroxyl groups is 2. The number of carbonyl (C=O) groups excluding carboxylic acids is 1. The van der Waals surface area contributed by atoms with Crippen LogP contribution in [0.25, 0.3) is 0 Å². The number of hydrogen-bond acceptors (Lipinski definition) is 7. The van der Waals surface area contributed by atoms with Gasteiger partial charge in [-0.1, -0.05) is 127 Å². The molecule has 2 aromatic rings. The topological polar surface area (TPSA) is 94.5 Å². The second-order valence-corrected chi connectivity index (χ2v) is 20.9. The van der Waals surface area contributed by atoms with Gasteiger partial charge in [-0.05, 0) is 60.2 Å². The molecule has 2 aromatic carbocycles. The van der Waals surface area contributed by atoms with E-state index in [1.54, 1.807) is 7.11 Å². The first-order valence-electron chi connectivity index (χ1n) is 19.0. The SMILES string of the molecule is C/C=C/CC[C@@H]1C/C=C(\C)[C@@H](O)C(C)(C)[C@H](O)[C@@H](C)/C=C(\C)[C@@H]2C[C@H](O[Si](c3ccccc3)(c3ccccc3)C(C)(C)C)C[C@](OC)(CC(=O)O1)O2. The Morgan fingerprint density at radius 1 is 0.981 bits per heavy atom. The molecule has 1 fully saturated rings. The molecular weight excluding hydrogens is 669 g/mol. The quantitative estimate of drug-likeness (QED) is 0.163. The Bertz CT molecular complexity index is 1500. The van der Waals surface area contributed by atoms with E-state index < -0.39 is 49.9 Å². The number of cyclic esters (lactones) is 1. The number of rotatable bonds is 8. The van der Waals surface area contributed by atoms with Crippen molar-refractivity contribution in [2.75, 3.05) is 7.11 Å². The summed E-state index contributed by atoms with van der Waals surface area (Å²) in [5.41, 5.74) is 0.794. The van der Waals surface area contributed by atoms with Crippen LogP contribution in [0.2, 0.25) is 5.04 Å². The minimum absolute atomic E-state index is 0.107. The molecule has 2 heterocycles. The first-order chi connectivity index (χ1) is 24.5. The van der Waals surface area contributed by atoms with Crippen LogP contribution >= 0.6 is 0 Å². The van der Waals surface area contributed by atoms with Gasteiger partial charge in [-0.2, -0.15) is 0 Å². The molecule has 0 aromatic heterocycles. The summed E-state index contributed by atoms with van der Waals surface area (Å²) >= 11 is 0. The first-order valence-corrected chi connectivity index (χ1v) is 20.9. The highest BCUT2D eigenvalue weighted by molar-refractivity contribution is 6.99. The Balaban J connectivity index is 1.84. The predicted molar refractivity (Wildman–Crippen MR) is 212 cm³/mol. The molecule has 1 saturated heterocycles. The van der Waals surface area contributed by atoms with E-state index in [1.165, 1.54) is 10.4 Å². The average Bonchev–Trinajstić information content (AvgIpc) is 3.11. The number of fused-ring (bicyclic) bond motifs is 2. The Kier molecular flexibility index (Phi) is 14.1. The van der Waals surface area contributed by atoms with Gasteiger partial charge in [-0.25, -0.2) is 0 Å². The second-order valence-electron chi connectivity index (χ2n) is 16.6. The molecule has 0 unspecified atom stereocenters. The number of allylic oxidation sites excluding steroid dienone is 2. The molecule has 2 N–H and O–H groups in total. The second kappa shape index (κ2) is 17.5. The maximum Gasteiger partial charge on any atom is 0.311 e. The molecule has 7 nitrogen and oxygen atoms in total. The molecule has 2 aliphatic heterocycles. The van der Waals surface area contributed by atoms with Gasteiger partial charge in [-0.15, -0.1) is 0 Å². The molecule has 286 valence electrons. The Morgan fingerprint density at radius 2 is 1.58 bits per heavy atom. The van der Waals surface area contributed by atoms with Crippen LogP contribution in [0, 0.1) is 11.3 Å². The monoisotopic (exact) mass is 732 g/mol. The highest BCUT2D eigenvalue weighted by Crippen LogP contribution is 2.44. The summed E-state index contributed by atoms with van der Waals surface area (Å²) in [6.45, 7) is 18.4. The maximum atomic E-state index is 14.0. The van der Waals surface area contributed by atoms with Crippen LogP contribution in [-0.4, -0.2) is 67.9 Å². The third-order valence-corrected chi connectivity index (χ3v) is 16.3. The van der Waals surface area contributed by atoms with Crippen molar-refractivity contribution < 1.29 is 33.6 Å². The van der Waals surface area contributed by atoms with Crippen molar-refractivity contribution in [3.63, 3.8) is 0 Å². The molecule has 2 bridgehead atoms. The van der Waals surface area contributed by atoms with Gasteiger partial charge in [-0.3, -0.25) is 4.79 Å². The summed E-state index contributed by atoms with van der Waals surface area (Å²) in [6.07, 6.45) is 7.66. The van der Waals surface area contributed by atoms with Crippen LogP contribution in [0.1, 0.15) is 101 Å². The summed E-state index contributed by atoms with van der Waals surface area (Å²) in [4.78, 5) is 14.0. The van der Waals surface area contributed by atoms with Crippen LogP contribution in [0.3, 0.4) is 0 Å². The van der Waals surface area contributed by atoms with Crippen molar-refractivity contribution in [2.45, 2.75) is 142 Å². The summed E-state index contributed by atoms with van der Waals surface area (Å²) in [6, 6.07) is 21.1. The molecule has 0 aliphatic carbocycles. The van der Waals surface area contributed by atoms with Crippen LogP contribution in [0.5, 0.6) is 0 Å². The lowest BCUT2D eigenvalue weighted by atomic mass is 9.73. The van der Waals surface area contributed by atoms with Gasteiger partial charge in [0.25, 0.3) is 8.32 Å². The minimum atomic E-state index is -2.98. The van der Waals surface area contributed by atoms with E-state index in [-0.39, 0.29) is 23.5 Å². The van der Waals surface area contributed by atoms with E-state index in [4.69, 9.17) is 18.6 Å². The summed E-state index contributed by atoms with van der Waals surface area (Å²) in [7, 11) is -1.38. The van der Waals surface area contributed by atoms with E-state index in [2.05, 4.69) is 75.4 Å². The molecule has 8 heteroatoms. The van der Waals surface area contributed by atoms with Crippen molar-refractivity contribution in [3.8, 4) is 0 Å². The van der Waals surface area contributed by atoms with Crippen molar-refractivity contribution in [1.82, 2.24) is 0 Å². The van der Waals surface area contributed by atoms with Crippen LogP contribution in [0.4, 0.5) is 0 Å². The fourth-order valence-electron chi connectivity index (χ4n) is 8.24. The molecule has 0 amide bonds. The number of ether oxygens (including phenoxy) is 3.